The molecule has 7 N–H and O–H groups in total. The van der Waals surface area contributed by atoms with Crippen molar-refractivity contribution in [2.24, 2.45) is 5.73 Å². The van der Waals surface area contributed by atoms with Crippen LogP contribution in [-0.2, 0) is 15.3 Å². The van der Waals surface area contributed by atoms with Crippen molar-refractivity contribution < 1.29 is 24.9 Å². The zero-order valence-electron chi connectivity index (χ0n) is 13.4. The van der Waals surface area contributed by atoms with Gasteiger partial charge in [-0.2, -0.15) is 16.7 Å². The van der Waals surface area contributed by atoms with Crippen LogP contribution in [0.3, 0.4) is 0 Å². The van der Waals surface area contributed by atoms with E-state index in [9.17, 15) is 14.7 Å². The van der Waals surface area contributed by atoms with Gasteiger partial charge in [0.2, 0.25) is 0 Å². The normalized spacial score (nSPS) is 24.4. The number of carboxylic acids is 1. The van der Waals surface area contributed by atoms with Crippen LogP contribution < -0.4 is 17.2 Å². The van der Waals surface area contributed by atoms with Crippen molar-refractivity contribution in [1.82, 2.24) is 9.55 Å². The van der Waals surface area contributed by atoms with Crippen LogP contribution in [0, 0.1) is 0 Å². The fourth-order valence-corrected chi connectivity index (χ4v) is 3.41. The molecule has 2 heterocycles. The summed E-state index contributed by atoms with van der Waals surface area (Å²) in [5.74, 6) is -0.0271. The Morgan fingerprint density at radius 2 is 2.28 bits per heavy atom. The third-order valence-electron chi connectivity index (χ3n) is 3.90. The molecular weight excluding hydrogens is 352 g/mol. The van der Waals surface area contributed by atoms with Crippen LogP contribution in [0.5, 0.6) is 0 Å². The molecule has 25 heavy (non-hydrogen) atoms. The van der Waals surface area contributed by atoms with Crippen LogP contribution in [-0.4, -0.2) is 61.4 Å². The molecule has 0 aliphatic carbocycles. The Hall–Kier alpha value is -1.66. The molecule has 1 aliphatic rings. The van der Waals surface area contributed by atoms with E-state index in [1.54, 1.807) is 0 Å². The first kappa shape index (κ1) is 19.7. The van der Waals surface area contributed by atoms with E-state index in [4.69, 9.17) is 26.4 Å². The summed E-state index contributed by atoms with van der Waals surface area (Å²) in [7, 11) is 0. The Labute approximate surface area is 147 Å². The fourth-order valence-electron chi connectivity index (χ4n) is 2.41. The molecule has 140 valence electrons. The Morgan fingerprint density at radius 3 is 2.88 bits per heavy atom. The van der Waals surface area contributed by atoms with Crippen LogP contribution in [0.25, 0.3) is 0 Å². The molecule has 1 aliphatic heterocycles. The Kier molecular flexibility index (Phi) is 6.79. The Balaban J connectivity index is 2.03. The van der Waals surface area contributed by atoms with Crippen molar-refractivity contribution in [3.8, 4) is 0 Å². The number of hydrogen-bond donors (Lipinski definition) is 5. The molecular formula is C14H22N4O6S. The molecule has 10 nitrogen and oxygen atoms in total. The summed E-state index contributed by atoms with van der Waals surface area (Å²) in [5.41, 5.74) is 11.2. The van der Waals surface area contributed by atoms with E-state index in [0.29, 0.717) is 23.5 Å². The number of aliphatic carboxylic acids is 1. The highest BCUT2D eigenvalue weighted by molar-refractivity contribution is 7.98. The number of aromatic nitrogens is 2. The quantitative estimate of drug-likeness (QED) is 0.337. The minimum atomic E-state index is -1.05. The van der Waals surface area contributed by atoms with Crippen molar-refractivity contribution in [3.05, 3.63) is 22.2 Å². The predicted octanol–water partition coefficient (Wildman–Crippen LogP) is -1.50. The molecule has 1 aromatic heterocycles. The van der Waals surface area contributed by atoms with Crippen LogP contribution in [0.1, 0.15) is 24.6 Å². The highest BCUT2D eigenvalue weighted by atomic mass is 32.2. The third-order valence-corrected chi connectivity index (χ3v) is 4.94. The number of nitrogen functional groups attached to an aromatic ring is 1. The van der Waals surface area contributed by atoms with E-state index >= 15 is 0 Å². The molecule has 0 spiro atoms. The van der Waals surface area contributed by atoms with Gasteiger partial charge in [0.05, 0.1) is 12.7 Å². The maximum absolute atomic E-state index is 12.0. The zero-order valence-corrected chi connectivity index (χ0v) is 14.3. The lowest BCUT2D eigenvalue weighted by molar-refractivity contribution is -0.138. The maximum Gasteiger partial charge on any atom is 0.351 e. The molecule has 0 saturated carbocycles. The van der Waals surface area contributed by atoms with Gasteiger partial charge in [0, 0.05) is 23.9 Å². The van der Waals surface area contributed by atoms with E-state index in [-0.39, 0.29) is 18.8 Å². The lowest BCUT2D eigenvalue weighted by atomic mass is 10.2. The number of hydrogen-bond acceptors (Lipinski definition) is 9. The van der Waals surface area contributed by atoms with Crippen molar-refractivity contribution in [3.63, 3.8) is 0 Å². The van der Waals surface area contributed by atoms with E-state index in [1.165, 1.54) is 22.5 Å². The molecule has 11 heteroatoms. The van der Waals surface area contributed by atoms with Gasteiger partial charge in [-0.25, -0.2) is 4.79 Å². The summed E-state index contributed by atoms with van der Waals surface area (Å²) >= 11 is 1.42. The van der Waals surface area contributed by atoms with E-state index in [1.807, 2.05) is 0 Å². The first-order valence-corrected chi connectivity index (χ1v) is 8.87. The van der Waals surface area contributed by atoms with Crippen LogP contribution in [0.4, 0.5) is 5.82 Å². The molecule has 4 atom stereocenters. The lowest BCUT2D eigenvalue weighted by Crippen LogP contribution is -2.30. The molecule has 0 aromatic carbocycles. The number of nitrogens with two attached hydrogens (primary N) is 2. The van der Waals surface area contributed by atoms with Crippen molar-refractivity contribution in [2.45, 2.75) is 43.1 Å². The summed E-state index contributed by atoms with van der Waals surface area (Å²) in [6, 6.07) is -0.916. The topological polar surface area (TPSA) is 174 Å². The summed E-state index contributed by atoms with van der Waals surface area (Å²) < 4.78 is 6.71. The van der Waals surface area contributed by atoms with Gasteiger partial charge in [0.25, 0.3) is 0 Å². The fraction of sp³-hybridized carbons (Fsp3) is 0.643. The van der Waals surface area contributed by atoms with Crippen molar-refractivity contribution >= 4 is 23.5 Å². The number of anilines is 1. The van der Waals surface area contributed by atoms with Gasteiger partial charge in [-0.15, -0.1) is 0 Å². The Morgan fingerprint density at radius 1 is 1.56 bits per heavy atom. The number of ether oxygens (including phenoxy) is 1. The SMILES string of the molecule is Nc1nc(=O)n([C@H]2C[C@H](O)[C@@H](CO)O2)cc1CSCC[C@H](N)C(=O)O. The van der Waals surface area contributed by atoms with Crippen LogP contribution in [0.2, 0.25) is 0 Å². The second kappa shape index (κ2) is 8.63. The summed E-state index contributed by atoms with van der Waals surface area (Å²) in [6.45, 7) is -0.346. The number of aliphatic hydroxyl groups is 2. The second-order valence-electron chi connectivity index (χ2n) is 5.74. The molecule has 0 bridgehead atoms. The molecule has 1 saturated heterocycles. The molecule has 1 fully saturated rings. The lowest BCUT2D eigenvalue weighted by Gasteiger charge is -2.16. The van der Waals surface area contributed by atoms with Gasteiger partial charge < -0.3 is 31.5 Å². The predicted molar refractivity (Wildman–Crippen MR) is 90.9 cm³/mol. The van der Waals surface area contributed by atoms with Gasteiger partial charge >= 0.3 is 11.7 Å². The third kappa shape index (κ3) is 4.92. The smallest absolute Gasteiger partial charge is 0.351 e. The van der Waals surface area contributed by atoms with Crippen molar-refractivity contribution in [1.29, 1.82) is 0 Å². The van der Waals surface area contributed by atoms with Crippen LogP contribution >= 0.6 is 11.8 Å². The molecule has 0 amide bonds. The first-order chi connectivity index (χ1) is 11.8. The van der Waals surface area contributed by atoms with Gasteiger partial charge in [-0.05, 0) is 12.2 Å². The largest absolute Gasteiger partial charge is 0.480 e. The molecule has 0 unspecified atom stereocenters. The minimum absolute atomic E-state index is 0.0912. The van der Waals surface area contributed by atoms with Crippen molar-refractivity contribution in [2.75, 3.05) is 18.1 Å². The number of carboxylic acid groups (broad SMARTS) is 1. The van der Waals surface area contributed by atoms with Gasteiger partial charge in [0.1, 0.15) is 24.2 Å². The standard InChI is InChI=1S/C14H22N4O6S/c15-8(13(21)22)1-2-25-6-7-4-18(14(23)17-12(7)16)11-3-9(20)10(5-19)24-11/h4,8-11,19-20H,1-3,5-6,15H2,(H,21,22)(H2,16,17,23)/t8-,9-,10+,11+/m0/s1. The minimum Gasteiger partial charge on any atom is -0.480 e. The van der Waals surface area contributed by atoms with Crippen LogP contribution in [0.15, 0.2) is 11.0 Å². The molecule has 1 aromatic rings. The average molecular weight is 374 g/mol. The maximum atomic E-state index is 12.0. The second-order valence-corrected chi connectivity index (χ2v) is 6.85. The average Bonchev–Trinajstić information content (AvgIpc) is 2.93. The van der Waals surface area contributed by atoms with Gasteiger partial charge in [-0.1, -0.05) is 0 Å². The van der Waals surface area contributed by atoms with E-state index < -0.39 is 36.1 Å². The highest BCUT2D eigenvalue weighted by Crippen LogP contribution is 2.28. The van der Waals surface area contributed by atoms with Gasteiger partial charge in [0.15, 0.2) is 0 Å². The number of rotatable bonds is 8. The summed E-state index contributed by atoms with van der Waals surface area (Å²) in [4.78, 5) is 26.5. The number of carbonyl (C=O) groups is 1. The molecule has 0 radical (unpaired) electrons. The van der Waals surface area contributed by atoms with Gasteiger partial charge in [-0.3, -0.25) is 9.36 Å². The molecule has 2 rings (SSSR count). The number of thioether (sulfide) groups is 1. The first-order valence-electron chi connectivity index (χ1n) is 7.71. The monoisotopic (exact) mass is 374 g/mol. The summed E-state index contributed by atoms with van der Waals surface area (Å²) in [5, 5.41) is 27.7. The number of aliphatic hydroxyl groups excluding tert-OH is 2. The van der Waals surface area contributed by atoms with E-state index in [2.05, 4.69) is 4.98 Å². The Bertz CT molecular complexity index is 669. The van der Waals surface area contributed by atoms with E-state index in [0.717, 1.165) is 0 Å². The highest BCUT2D eigenvalue weighted by Gasteiger charge is 2.35. The summed E-state index contributed by atoms with van der Waals surface area (Å²) in [6.07, 6.45) is -0.345. The zero-order chi connectivity index (χ0) is 18.6. The number of nitrogens with zero attached hydrogens (tertiary/aromatic N) is 2.